The fourth-order valence-corrected chi connectivity index (χ4v) is 3.05. The minimum atomic E-state index is -0.0430. The van der Waals surface area contributed by atoms with Crippen LogP contribution in [0.5, 0.6) is 0 Å². The number of hydrogen-bond acceptors (Lipinski definition) is 5. The molecule has 1 aromatic heterocycles. The lowest BCUT2D eigenvalue weighted by atomic mass is 10.1. The van der Waals surface area contributed by atoms with Crippen molar-refractivity contribution in [2.45, 2.75) is 20.3 Å². The first-order chi connectivity index (χ1) is 9.02. The third kappa shape index (κ3) is 2.74. The maximum Gasteiger partial charge on any atom is 0.229 e. The summed E-state index contributed by atoms with van der Waals surface area (Å²) >= 11 is 1.24. The average molecular weight is 279 g/mol. The molecule has 19 heavy (non-hydrogen) atoms. The summed E-state index contributed by atoms with van der Waals surface area (Å²) in [5.74, 6) is -0.0612. The predicted molar refractivity (Wildman–Crippen MR) is 71.3 cm³/mol. The Morgan fingerprint density at radius 1 is 1.68 bits per heavy atom. The van der Waals surface area contributed by atoms with Crippen molar-refractivity contribution in [3.05, 3.63) is 21.0 Å². The van der Waals surface area contributed by atoms with Crippen molar-refractivity contribution in [3.63, 3.8) is 0 Å². The van der Waals surface area contributed by atoms with Gasteiger partial charge in [-0.15, -0.1) is 0 Å². The van der Waals surface area contributed by atoms with Gasteiger partial charge in [0.2, 0.25) is 5.91 Å². The highest BCUT2D eigenvalue weighted by Crippen LogP contribution is 2.31. The number of Topliss-reactive ketones (excluding diaryl/α,β-unsaturated/α-hetero) is 1. The van der Waals surface area contributed by atoms with Gasteiger partial charge in [0.1, 0.15) is 0 Å². The fraction of sp³-hybridized carbons (Fsp3) is 0.545. The number of azide groups is 1. The van der Waals surface area contributed by atoms with Crippen LogP contribution in [-0.2, 0) is 4.79 Å². The molecule has 2 heterocycles. The third-order valence-corrected chi connectivity index (χ3v) is 4.23. The summed E-state index contributed by atoms with van der Waals surface area (Å²) in [6.45, 7) is 4.04. The quantitative estimate of drug-likeness (QED) is 0.366. The van der Waals surface area contributed by atoms with Crippen LogP contribution < -0.4 is 4.90 Å². The number of aromatic nitrogens is 1. The molecule has 1 saturated heterocycles. The molecule has 2 rings (SSSR count). The van der Waals surface area contributed by atoms with Gasteiger partial charge in [0.25, 0.3) is 0 Å². The standard InChI is InChI=1S/C11H13N5O2S/c1-6-10(7(2)17)19-11(14-6)16-5-8(3-9(16)18)4-13-15-12/h8H,3-5H2,1-2H3. The van der Waals surface area contributed by atoms with Gasteiger partial charge in [-0.1, -0.05) is 16.5 Å². The van der Waals surface area contributed by atoms with Crippen molar-refractivity contribution in [1.82, 2.24) is 4.98 Å². The monoisotopic (exact) mass is 279 g/mol. The molecule has 0 bridgehead atoms. The van der Waals surface area contributed by atoms with E-state index < -0.39 is 0 Å². The molecule has 8 heteroatoms. The second-order valence-corrected chi connectivity index (χ2v) is 5.43. The van der Waals surface area contributed by atoms with Crippen LogP contribution >= 0.6 is 11.3 Å². The molecule has 0 spiro atoms. The lowest BCUT2D eigenvalue weighted by Crippen LogP contribution is -2.24. The molecule has 1 fully saturated rings. The maximum atomic E-state index is 11.9. The van der Waals surface area contributed by atoms with E-state index in [0.29, 0.717) is 35.2 Å². The summed E-state index contributed by atoms with van der Waals surface area (Å²) in [7, 11) is 0. The summed E-state index contributed by atoms with van der Waals surface area (Å²) in [5.41, 5.74) is 8.94. The molecule has 1 unspecified atom stereocenters. The van der Waals surface area contributed by atoms with Crippen molar-refractivity contribution < 1.29 is 9.59 Å². The summed E-state index contributed by atoms with van der Waals surface area (Å²) in [6.07, 6.45) is 0.354. The van der Waals surface area contributed by atoms with Gasteiger partial charge in [0, 0.05) is 31.3 Å². The zero-order valence-electron chi connectivity index (χ0n) is 10.7. The Morgan fingerprint density at radius 2 is 2.42 bits per heavy atom. The Morgan fingerprint density at radius 3 is 3.00 bits per heavy atom. The highest BCUT2D eigenvalue weighted by Gasteiger charge is 2.32. The lowest BCUT2D eigenvalue weighted by Gasteiger charge is -2.11. The molecule has 1 aliphatic heterocycles. The molecule has 7 nitrogen and oxygen atoms in total. The van der Waals surface area contributed by atoms with E-state index in [1.807, 2.05) is 0 Å². The first kappa shape index (κ1) is 13.5. The predicted octanol–water partition coefficient (Wildman–Crippen LogP) is 2.32. The fourth-order valence-electron chi connectivity index (χ4n) is 2.07. The molecule has 1 amide bonds. The van der Waals surface area contributed by atoms with E-state index in [1.165, 1.54) is 18.3 Å². The topological polar surface area (TPSA) is 99.0 Å². The van der Waals surface area contributed by atoms with E-state index in [2.05, 4.69) is 15.0 Å². The van der Waals surface area contributed by atoms with Crippen LogP contribution in [0.2, 0.25) is 0 Å². The van der Waals surface area contributed by atoms with E-state index in [0.717, 1.165) is 0 Å². The first-order valence-corrected chi connectivity index (χ1v) is 6.64. The number of hydrogen-bond donors (Lipinski definition) is 0. The zero-order valence-corrected chi connectivity index (χ0v) is 11.5. The summed E-state index contributed by atoms with van der Waals surface area (Å²) in [5, 5.41) is 4.05. The molecule has 0 N–H and O–H groups in total. The van der Waals surface area contributed by atoms with Crippen molar-refractivity contribution in [1.29, 1.82) is 0 Å². The van der Waals surface area contributed by atoms with Crippen LogP contribution in [0.1, 0.15) is 28.7 Å². The number of nitrogens with zero attached hydrogens (tertiary/aromatic N) is 5. The second-order valence-electron chi connectivity index (χ2n) is 4.46. The first-order valence-electron chi connectivity index (χ1n) is 5.82. The largest absolute Gasteiger partial charge is 0.294 e. The number of ketones is 1. The number of amides is 1. The molecule has 1 atom stereocenters. The number of aryl methyl sites for hydroxylation is 1. The molecule has 0 aromatic carbocycles. The van der Waals surface area contributed by atoms with Crippen molar-refractivity contribution in [3.8, 4) is 0 Å². The van der Waals surface area contributed by atoms with Gasteiger partial charge in [-0.3, -0.25) is 14.5 Å². The number of carbonyl (C=O) groups is 2. The smallest absolute Gasteiger partial charge is 0.229 e. The Labute approximate surface area is 113 Å². The maximum absolute atomic E-state index is 11.9. The summed E-state index contributed by atoms with van der Waals surface area (Å²) in [6, 6.07) is 0. The van der Waals surface area contributed by atoms with E-state index in [1.54, 1.807) is 11.8 Å². The molecular weight excluding hydrogens is 266 g/mol. The van der Waals surface area contributed by atoms with Crippen molar-refractivity contribution in [2.24, 2.45) is 11.0 Å². The Bertz CT molecular complexity index is 576. The lowest BCUT2D eigenvalue weighted by molar-refractivity contribution is -0.117. The highest BCUT2D eigenvalue weighted by atomic mass is 32.1. The van der Waals surface area contributed by atoms with Crippen LogP contribution in [0, 0.1) is 12.8 Å². The highest BCUT2D eigenvalue weighted by molar-refractivity contribution is 7.17. The Hall–Kier alpha value is -1.92. The van der Waals surface area contributed by atoms with Crippen LogP contribution in [0.25, 0.3) is 10.4 Å². The summed E-state index contributed by atoms with van der Waals surface area (Å²) in [4.78, 5) is 32.4. The molecule has 100 valence electrons. The van der Waals surface area contributed by atoms with Gasteiger partial charge in [-0.2, -0.15) is 0 Å². The van der Waals surface area contributed by atoms with E-state index in [4.69, 9.17) is 5.53 Å². The minimum absolute atomic E-state index is 0.0217. The van der Waals surface area contributed by atoms with Crippen LogP contribution in [-0.4, -0.2) is 29.8 Å². The van der Waals surface area contributed by atoms with Gasteiger partial charge in [0.15, 0.2) is 10.9 Å². The van der Waals surface area contributed by atoms with E-state index >= 15 is 0 Å². The van der Waals surface area contributed by atoms with Gasteiger partial charge < -0.3 is 0 Å². The molecule has 0 aliphatic carbocycles. The number of thiazole rings is 1. The molecular formula is C11H13N5O2S. The Kier molecular flexibility index (Phi) is 3.82. The number of carbonyl (C=O) groups excluding carboxylic acids is 2. The van der Waals surface area contributed by atoms with Gasteiger partial charge in [-0.25, -0.2) is 4.98 Å². The normalized spacial score (nSPS) is 18.5. The van der Waals surface area contributed by atoms with Crippen LogP contribution in [0.3, 0.4) is 0 Å². The van der Waals surface area contributed by atoms with Crippen LogP contribution in [0.4, 0.5) is 5.13 Å². The van der Waals surface area contributed by atoms with Gasteiger partial charge in [-0.05, 0) is 18.4 Å². The minimum Gasteiger partial charge on any atom is -0.294 e. The average Bonchev–Trinajstić information content (AvgIpc) is 2.90. The zero-order chi connectivity index (χ0) is 14.0. The number of rotatable bonds is 4. The summed E-state index contributed by atoms with van der Waals surface area (Å²) < 4.78 is 0. The third-order valence-electron chi connectivity index (χ3n) is 2.94. The molecule has 1 aliphatic rings. The molecule has 1 aromatic rings. The second kappa shape index (κ2) is 5.38. The van der Waals surface area contributed by atoms with Crippen LogP contribution in [0.15, 0.2) is 5.11 Å². The molecule has 0 radical (unpaired) electrons. The van der Waals surface area contributed by atoms with Gasteiger partial charge >= 0.3 is 0 Å². The SMILES string of the molecule is CC(=O)c1sc(N2CC(CN=[N+]=[N-])CC2=O)nc1C. The van der Waals surface area contributed by atoms with E-state index in [9.17, 15) is 9.59 Å². The van der Waals surface area contributed by atoms with Crippen molar-refractivity contribution in [2.75, 3.05) is 18.0 Å². The number of anilines is 1. The molecule has 0 saturated carbocycles. The van der Waals surface area contributed by atoms with Gasteiger partial charge in [0.05, 0.1) is 10.6 Å². The Balaban J connectivity index is 2.18. The van der Waals surface area contributed by atoms with E-state index in [-0.39, 0.29) is 17.6 Å². The van der Waals surface area contributed by atoms with Crippen molar-refractivity contribution >= 4 is 28.2 Å².